The minimum absolute atomic E-state index is 0.243. The van der Waals surface area contributed by atoms with E-state index in [2.05, 4.69) is 15.2 Å². The molecule has 8 nitrogen and oxygen atoms in total. The van der Waals surface area contributed by atoms with Crippen LogP contribution in [0.5, 0.6) is 11.5 Å². The Kier molecular flexibility index (Phi) is 2.98. The molecule has 0 aliphatic heterocycles. The van der Waals surface area contributed by atoms with Crippen molar-refractivity contribution >= 4 is 17.4 Å². The van der Waals surface area contributed by atoms with Crippen molar-refractivity contribution in [1.82, 2.24) is 19.6 Å². The van der Waals surface area contributed by atoms with Gasteiger partial charge in [-0.1, -0.05) is 0 Å². The number of ether oxygens (including phenoxy) is 2. The standard InChI is InChI=1S/C13H14N6O2/c1-20-7-3-4-8(10(5-7)21-2)9-6-19-12(11(14)16-9)17-18-13(19)15/h3-6H,1-2H3,(H2,14,16)(H2,15,18). The van der Waals surface area contributed by atoms with Gasteiger partial charge in [0.25, 0.3) is 0 Å². The Hall–Kier alpha value is -3.03. The highest BCUT2D eigenvalue weighted by atomic mass is 16.5. The molecule has 0 aliphatic carbocycles. The third kappa shape index (κ3) is 2.06. The molecule has 0 fully saturated rings. The summed E-state index contributed by atoms with van der Waals surface area (Å²) in [5, 5.41) is 7.65. The van der Waals surface area contributed by atoms with Crippen LogP contribution in [0.15, 0.2) is 24.4 Å². The molecule has 0 unspecified atom stereocenters. The molecule has 2 aromatic heterocycles. The quantitative estimate of drug-likeness (QED) is 0.737. The normalized spacial score (nSPS) is 10.8. The minimum Gasteiger partial charge on any atom is -0.497 e. The maximum atomic E-state index is 5.90. The molecule has 21 heavy (non-hydrogen) atoms. The van der Waals surface area contributed by atoms with Crippen LogP contribution in [0.2, 0.25) is 0 Å². The summed E-state index contributed by atoms with van der Waals surface area (Å²) >= 11 is 0. The number of methoxy groups -OCH3 is 2. The molecule has 0 atom stereocenters. The Morgan fingerprint density at radius 2 is 1.90 bits per heavy atom. The van der Waals surface area contributed by atoms with Crippen molar-refractivity contribution in [1.29, 1.82) is 0 Å². The molecular formula is C13H14N6O2. The van der Waals surface area contributed by atoms with E-state index in [4.69, 9.17) is 20.9 Å². The predicted molar refractivity (Wildman–Crippen MR) is 78.1 cm³/mol. The summed E-state index contributed by atoms with van der Waals surface area (Å²) in [7, 11) is 3.17. The number of rotatable bonds is 3. The van der Waals surface area contributed by atoms with Gasteiger partial charge in [0.2, 0.25) is 11.6 Å². The molecular weight excluding hydrogens is 272 g/mol. The van der Waals surface area contributed by atoms with Crippen LogP contribution in [0.3, 0.4) is 0 Å². The fraction of sp³-hybridized carbons (Fsp3) is 0.154. The van der Waals surface area contributed by atoms with E-state index in [-0.39, 0.29) is 11.8 Å². The lowest BCUT2D eigenvalue weighted by Gasteiger charge is -2.11. The highest BCUT2D eigenvalue weighted by molar-refractivity contribution is 5.73. The van der Waals surface area contributed by atoms with Crippen molar-refractivity contribution < 1.29 is 9.47 Å². The number of nitrogens with two attached hydrogens (primary N) is 2. The molecule has 2 heterocycles. The minimum atomic E-state index is 0.243. The summed E-state index contributed by atoms with van der Waals surface area (Å²) in [5.41, 5.74) is 13.4. The van der Waals surface area contributed by atoms with E-state index >= 15 is 0 Å². The van der Waals surface area contributed by atoms with Crippen LogP contribution in [0.4, 0.5) is 11.8 Å². The Balaban J connectivity index is 2.22. The molecule has 1 aromatic carbocycles. The molecule has 0 bridgehead atoms. The van der Waals surface area contributed by atoms with Crippen LogP contribution >= 0.6 is 0 Å². The van der Waals surface area contributed by atoms with Gasteiger partial charge in [0.1, 0.15) is 11.5 Å². The molecule has 3 rings (SSSR count). The zero-order chi connectivity index (χ0) is 15.0. The average Bonchev–Trinajstić information content (AvgIpc) is 2.88. The summed E-state index contributed by atoms with van der Waals surface area (Å²) in [6, 6.07) is 5.42. The van der Waals surface area contributed by atoms with E-state index in [1.165, 1.54) is 0 Å². The summed E-state index contributed by atoms with van der Waals surface area (Å²) in [5.74, 6) is 1.79. The zero-order valence-electron chi connectivity index (χ0n) is 11.6. The van der Waals surface area contributed by atoms with Gasteiger partial charge in [0.05, 0.1) is 19.9 Å². The number of nitrogens with zero attached hydrogens (tertiary/aromatic N) is 4. The highest BCUT2D eigenvalue weighted by Gasteiger charge is 2.14. The first-order valence-corrected chi connectivity index (χ1v) is 6.13. The third-order valence-corrected chi connectivity index (χ3v) is 3.13. The number of benzene rings is 1. The molecule has 0 amide bonds. The van der Waals surface area contributed by atoms with Gasteiger partial charge in [0, 0.05) is 17.8 Å². The lowest BCUT2D eigenvalue weighted by Crippen LogP contribution is -2.02. The average molecular weight is 286 g/mol. The second-order valence-electron chi connectivity index (χ2n) is 4.33. The first kappa shape index (κ1) is 13.0. The smallest absolute Gasteiger partial charge is 0.226 e. The largest absolute Gasteiger partial charge is 0.497 e. The van der Waals surface area contributed by atoms with Gasteiger partial charge in [-0.15, -0.1) is 10.2 Å². The molecule has 0 radical (unpaired) electrons. The van der Waals surface area contributed by atoms with Gasteiger partial charge in [-0.25, -0.2) is 4.98 Å². The molecule has 8 heteroatoms. The van der Waals surface area contributed by atoms with Crippen LogP contribution in [0.25, 0.3) is 16.9 Å². The summed E-state index contributed by atoms with van der Waals surface area (Å²) in [6.07, 6.45) is 1.71. The van der Waals surface area contributed by atoms with Crippen LogP contribution in [-0.2, 0) is 0 Å². The number of hydrogen-bond donors (Lipinski definition) is 2. The molecule has 108 valence electrons. The van der Waals surface area contributed by atoms with Crippen molar-refractivity contribution in [2.45, 2.75) is 0 Å². The van der Waals surface area contributed by atoms with Gasteiger partial charge >= 0.3 is 0 Å². The highest BCUT2D eigenvalue weighted by Crippen LogP contribution is 2.33. The number of fused-ring (bicyclic) bond motifs is 1. The van der Waals surface area contributed by atoms with Gasteiger partial charge in [-0.05, 0) is 12.1 Å². The number of nitrogen functional groups attached to an aromatic ring is 2. The lowest BCUT2D eigenvalue weighted by atomic mass is 10.1. The Bertz CT molecular complexity index is 814. The van der Waals surface area contributed by atoms with Crippen LogP contribution in [0.1, 0.15) is 0 Å². The van der Waals surface area contributed by atoms with Crippen molar-refractivity contribution in [2.24, 2.45) is 0 Å². The van der Waals surface area contributed by atoms with Crippen LogP contribution in [0, 0.1) is 0 Å². The van der Waals surface area contributed by atoms with Crippen LogP contribution < -0.4 is 20.9 Å². The first-order valence-electron chi connectivity index (χ1n) is 6.13. The molecule has 0 aliphatic rings. The SMILES string of the molecule is COc1ccc(-c2cn3c(N)nnc3c(N)n2)c(OC)c1. The van der Waals surface area contributed by atoms with E-state index < -0.39 is 0 Å². The van der Waals surface area contributed by atoms with Crippen molar-refractivity contribution in [2.75, 3.05) is 25.7 Å². The number of aromatic nitrogens is 4. The van der Waals surface area contributed by atoms with E-state index in [0.29, 0.717) is 22.8 Å². The van der Waals surface area contributed by atoms with E-state index in [9.17, 15) is 0 Å². The Morgan fingerprint density at radius 3 is 2.62 bits per heavy atom. The van der Waals surface area contributed by atoms with Crippen LogP contribution in [-0.4, -0.2) is 33.8 Å². The predicted octanol–water partition coefficient (Wildman–Crippen LogP) is 0.973. The van der Waals surface area contributed by atoms with Gasteiger partial charge in [-0.2, -0.15) is 0 Å². The van der Waals surface area contributed by atoms with Gasteiger partial charge in [-0.3, -0.25) is 4.40 Å². The third-order valence-electron chi connectivity index (χ3n) is 3.13. The molecule has 3 aromatic rings. The van der Waals surface area contributed by atoms with E-state index in [0.717, 1.165) is 5.56 Å². The van der Waals surface area contributed by atoms with Crippen molar-refractivity contribution in [3.05, 3.63) is 24.4 Å². The summed E-state index contributed by atoms with van der Waals surface area (Å²) in [4.78, 5) is 4.33. The molecule has 0 spiro atoms. The monoisotopic (exact) mass is 286 g/mol. The molecule has 0 saturated carbocycles. The summed E-state index contributed by atoms with van der Waals surface area (Å²) < 4.78 is 12.1. The second-order valence-corrected chi connectivity index (χ2v) is 4.33. The second kappa shape index (κ2) is 4.82. The summed E-state index contributed by atoms with van der Waals surface area (Å²) in [6.45, 7) is 0. The first-order chi connectivity index (χ1) is 10.1. The van der Waals surface area contributed by atoms with Gasteiger partial charge < -0.3 is 20.9 Å². The maximum absolute atomic E-state index is 5.90. The van der Waals surface area contributed by atoms with Gasteiger partial charge in [0.15, 0.2) is 5.82 Å². The molecule has 0 saturated heterocycles. The molecule has 4 N–H and O–H groups in total. The van der Waals surface area contributed by atoms with Crippen molar-refractivity contribution in [3.8, 4) is 22.8 Å². The fourth-order valence-electron chi connectivity index (χ4n) is 2.08. The number of hydrogen-bond acceptors (Lipinski definition) is 7. The fourth-order valence-corrected chi connectivity index (χ4v) is 2.08. The Morgan fingerprint density at radius 1 is 1.10 bits per heavy atom. The topological polar surface area (TPSA) is 114 Å². The maximum Gasteiger partial charge on any atom is 0.226 e. The lowest BCUT2D eigenvalue weighted by molar-refractivity contribution is 0.395. The van der Waals surface area contributed by atoms with E-state index in [1.807, 2.05) is 12.1 Å². The van der Waals surface area contributed by atoms with E-state index in [1.54, 1.807) is 30.9 Å². The number of anilines is 2. The Labute approximate surface area is 120 Å². The van der Waals surface area contributed by atoms with Crippen molar-refractivity contribution in [3.63, 3.8) is 0 Å². The zero-order valence-corrected chi connectivity index (χ0v) is 11.6.